The summed E-state index contributed by atoms with van der Waals surface area (Å²) in [6.45, 7) is 4.85. The van der Waals surface area contributed by atoms with Crippen molar-refractivity contribution in [2.75, 3.05) is 0 Å². The van der Waals surface area contributed by atoms with E-state index in [1.807, 2.05) is 49.4 Å². The molecule has 0 fully saturated rings. The van der Waals surface area contributed by atoms with Crippen molar-refractivity contribution in [1.29, 1.82) is 0 Å². The van der Waals surface area contributed by atoms with Gasteiger partial charge in [-0.3, -0.25) is 4.79 Å². The first kappa shape index (κ1) is 18.3. The van der Waals surface area contributed by atoms with Crippen LogP contribution in [0.1, 0.15) is 34.2 Å². The van der Waals surface area contributed by atoms with Gasteiger partial charge in [0.15, 0.2) is 0 Å². The highest BCUT2D eigenvalue weighted by Crippen LogP contribution is 2.37. The summed E-state index contributed by atoms with van der Waals surface area (Å²) in [5.74, 6) is -0.411. The van der Waals surface area contributed by atoms with Crippen molar-refractivity contribution in [2.24, 2.45) is 5.73 Å². The van der Waals surface area contributed by atoms with Gasteiger partial charge in [-0.1, -0.05) is 67.1 Å². The number of nitrogens with zero attached hydrogens (tertiary/aromatic N) is 1. The topological polar surface area (TPSA) is 48.0 Å². The van der Waals surface area contributed by atoms with E-state index in [0.29, 0.717) is 10.6 Å². The molecule has 1 amide bonds. The summed E-state index contributed by atoms with van der Waals surface area (Å²) >= 11 is 6.44. The zero-order chi connectivity index (χ0) is 18.7. The maximum absolute atomic E-state index is 12.2. The quantitative estimate of drug-likeness (QED) is 0.654. The third kappa shape index (κ3) is 3.40. The summed E-state index contributed by atoms with van der Waals surface area (Å²) in [4.78, 5) is 12.2. The molecule has 2 N–H and O–H groups in total. The van der Waals surface area contributed by atoms with Gasteiger partial charge in [0.25, 0.3) is 5.91 Å². The highest BCUT2D eigenvalue weighted by molar-refractivity contribution is 6.33. The molecule has 134 valence electrons. The van der Waals surface area contributed by atoms with E-state index < -0.39 is 5.91 Å². The van der Waals surface area contributed by atoms with Crippen LogP contribution in [0.25, 0.3) is 11.1 Å². The predicted molar refractivity (Wildman–Crippen MR) is 108 cm³/mol. The number of benzene rings is 2. The van der Waals surface area contributed by atoms with Crippen LogP contribution in [-0.2, 0) is 19.4 Å². The van der Waals surface area contributed by atoms with Gasteiger partial charge in [0.05, 0.1) is 5.56 Å². The molecule has 3 rings (SSSR count). The first-order valence-electron chi connectivity index (χ1n) is 8.85. The maximum atomic E-state index is 12.2. The Morgan fingerprint density at radius 2 is 1.73 bits per heavy atom. The minimum atomic E-state index is -0.411. The number of halogens is 1. The van der Waals surface area contributed by atoms with Gasteiger partial charge in [0.1, 0.15) is 0 Å². The average molecular weight is 367 g/mol. The second kappa shape index (κ2) is 7.79. The van der Waals surface area contributed by atoms with Crippen molar-refractivity contribution in [3.63, 3.8) is 0 Å². The van der Waals surface area contributed by atoms with Gasteiger partial charge >= 0.3 is 0 Å². The second-order valence-electron chi connectivity index (χ2n) is 6.37. The molecule has 0 saturated carbocycles. The Morgan fingerprint density at radius 1 is 1.08 bits per heavy atom. The SMILES string of the molecule is CCc1c(-c2ccccc2Cl)c(C(N)=O)c(C)n1CCc1ccccc1. The van der Waals surface area contributed by atoms with Crippen molar-refractivity contribution in [3.05, 3.63) is 82.1 Å². The van der Waals surface area contributed by atoms with E-state index in [4.69, 9.17) is 17.3 Å². The Labute approximate surface area is 159 Å². The number of aryl methyl sites for hydroxylation is 1. The number of carbonyl (C=O) groups excluding carboxylic acids is 1. The lowest BCUT2D eigenvalue weighted by molar-refractivity contribution is 0.1000. The molecule has 0 aliphatic rings. The van der Waals surface area contributed by atoms with E-state index in [1.165, 1.54) is 5.56 Å². The summed E-state index contributed by atoms with van der Waals surface area (Å²) in [6.07, 6.45) is 1.69. The molecule has 2 aromatic carbocycles. The zero-order valence-corrected chi connectivity index (χ0v) is 15.9. The molecule has 1 aromatic heterocycles. The Kier molecular flexibility index (Phi) is 5.48. The molecular formula is C22H23ClN2O. The number of carbonyl (C=O) groups is 1. The Hall–Kier alpha value is -2.52. The molecule has 3 nitrogen and oxygen atoms in total. The molecule has 0 atom stereocenters. The summed E-state index contributed by atoms with van der Waals surface area (Å²) in [7, 11) is 0. The van der Waals surface area contributed by atoms with Crippen LogP contribution in [0, 0.1) is 6.92 Å². The van der Waals surface area contributed by atoms with Crippen LogP contribution in [-0.4, -0.2) is 10.5 Å². The van der Waals surface area contributed by atoms with Gasteiger partial charge in [0, 0.05) is 34.1 Å². The van der Waals surface area contributed by atoms with Gasteiger partial charge in [-0.25, -0.2) is 0 Å². The lowest BCUT2D eigenvalue weighted by Gasteiger charge is -2.12. The van der Waals surface area contributed by atoms with Crippen LogP contribution >= 0.6 is 11.6 Å². The first-order chi connectivity index (χ1) is 12.5. The van der Waals surface area contributed by atoms with Crippen LogP contribution in [0.4, 0.5) is 0 Å². The fourth-order valence-electron chi connectivity index (χ4n) is 3.61. The molecule has 1 heterocycles. The lowest BCUT2D eigenvalue weighted by atomic mass is 9.99. The van der Waals surface area contributed by atoms with Gasteiger partial charge in [-0.2, -0.15) is 0 Å². The molecule has 0 saturated heterocycles. The summed E-state index contributed by atoms with van der Waals surface area (Å²) < 4.78 is 2.21. The minimum absolute atomic E-state index is 0.411. The molecule has 3 aromatic rings. The molecule has 0 aliphatic heterocycles. The lowest BCUT2D eigenvalue weighted by Crippen LogP contribution is -2.14. The zero-order valence-electron chi connectivity index (χ0n) is 15.1. The van der Waals surface area contributed by atoms with E-state index in [9.17, 15) is 4.79 Å². The molecule has 0 bridgehead atoms. The third-order valence-electron chi connectivity index (χ3n) is 4.82. The first-order valence-corrected chi connectivity index (χ1v) is 9.23. The Morgan fingerprint density at radius 3 is 2.35 bits per heavy atom. The number of primary amides is 1. The number of amides is 1. The molecule has 0 spiro atoms. The smallest absolute Gasteiger partial charge is 0.251 e. The Balaban J connectivity index is 2.12. The number of aromatic nitrogens is 1. The Bertz CT molecular complexity index is 929. The van der Waals surface area contributed by atoms with Crippen LogP contribution in [0.2, 0.25) is 5.02 Å². The van der Waals surface area contributed by atoms with E-state index in [-0.39, 0.29) is 0 Å². The van der Waals surface area contributed by atoms with Crippen LogP contribution in [0.3, 0.4) is 0 Å². The summed E-state index contributed by atoms with van der Waals surface area (Å²) in [5.41, 5.74) is 11.3. The van der Waals surface area contributed by atoms with Crippen LogP contribution < -0.4 is 5.73 Å². The number of hydrogen-bond acceptors (Lipinski definition) is 1. The van der Waals surface area contributed by atoms with Gasteiger partial charge < -0.3 is 10.3 Å². The average Bonchev–Trinajstić information content (AvgIpc) is 2.92. The third-order valence-corrected chi connectivity index (χ3v) is 5.15. The van der Waals surface area contributed by atoms with Crippen molar-refractivity contribution >= 4 is 17.5 Å². The largest absolute Gasteiger partial charge is 0.366 e. The molecule has 4 heteroatoms. The number of nitrogens with two attached hydrogens (primary N) is 1. The van der Waals surface area contributed by atoms with Gasteiger partial charge in [-0.05, 0) is 31.4 Å². The number of hydrogen-bond donors (Lipinski definition) is 1. The highest BCUT2D eigenvalue weighted by atomic mass is 35.5. The summed E-state index contributed by atoms with van der Waals surface area (Å²) in [6, 6.07) is 18.0. The molecule has 0 radical (unpaired) electrons. The normalized spacial score (nSPS) is 10.9. The standard InChI is InChI=1S/C22H23ClN2O/c1-3-19-21(17-11-7-8-12-18(17)23)20(22(24)26)15(2)25(19)14-13-16-9-5-4-6-10-16/h4-12H,3,13-14H2,1-2H3,(H2,24,26). The minimum Gasteiger partial charge on any atom is -0.366 e. The monoisotopic (exact) mass is 366 g/mol. The maximum Gasteiger partial charge on any atom is 0.251 e. The second-order valence-corrected chi connectivity index (χ2v) is 6.77. The van der Waals surface area contributed by atoms with Gasteiger partial charge in [0.2, 0.25) is 0 Å². The summed E-state index contributed by atoms with van der Waals surface area (Å²) in [5, 5.41) is 0.630. The fraction of sp³-hybridized carbons (Fsp3) is 0.227. The van der Waals surface area contributed by atoms with Crippen molar-refractivity contribution in [2.45, 2.75) is 33.2 Å². The fourth-order valence-corrected chi connectivity index (χ4v) is 3.84. The van der Waals surface area contributed by atoms with E-state index >= 15 is 0 Å². The van der Waals surface area contributed by atoms with E-state index in [0.717, 1.165) is 41.9 Å². The van der Waals surface area contributed by atoms with Gasteiger partial charge in [-0.15, -0.1) is 0 Å². The van der Waals surface area contributed by atoms with Crippen molar-refractivity contribution in [1.82, 2.24) is 4.57 Å². The molecule has 0 aliphatic carbocycles. The van der Waals surface area contributed by atoms with E-state index in [1.54, 1.807) is 0 Å². The molecule has 0 unspecified atom stereocenters. The predicted octanol–water partition coefficient (Wildman–Crippen LogP) is 5.02. The van der Waals surface area contributed by atoms with Crippen LogP contribution in [0.15, 0.2) is 54.6 Å². The number of rotatable bonds is 6. The highest BCUT2D eigenvalue weighted by Gasteiger charge is 2.24. The van der Waals surface area contributed by atoms with E-state index in [2.05, 4.69) is 23.6 Å². The van der Waals surface area contributed by atoms with Crippen molar-refractivity contribution < 1.29 is 4.79 Å². The van der Waals surface area contributed by atoms with Crippen molar-refractivity contribution in [3.8, 4) is 11.1 Å². The molecular weight excluding hydrogens is 344 g/mol. The molecule has 26 heavy (non-hydrogen) atoms. The van der Waals surface area contributed by atoms with Crippen LogP contribution in [0.5, 0.6) is 0 Å².